The molecule has 25 heavy (non-hydrogen) atoms. The fraction of sp³-hybridized carbons (Fsp3) is 0.188. The van der Waals surface area contributed by atoms with Crippen molar-refractivity contribution in [3.63, 3.8) is 0 Å². The second-order valence-electron chi connectivity index (χ2n) is 5.14. The van der Waals surface area contributed by atoms with E-state index in [1.807, 2.05) is 0 Å². The van der Waals surface area contributed by atoms with Crippen molar-refractivity contribution in [2.24, 2.45) is 0 Å². The van der Waals surface area contributed by atoms with Crippen LogP contribution in [-0.2, 0) is 0 Å². The SMILES string of the molecule is COc1ccc([C@@H](C)NC(=S)Nc2cc([N+](=O)[O-])ccc2Cl)cc1F. The molecule has 0 aliphatic heterocycles. The number of anilines is 1. The Morgan fingerprint density at radius 3 is 2.68 bits per heavy atom. The standard InChI is InChI=1S/C16H15ClFN3O3S/c1-9(10-3-6-15(24-2)13(18)7-10)19-16(25)20-14-8-11(21(22)23)4-5-12(14)17/h3-9H,1-2H3,(H2,19,20,25)/t9-/m1/s1. The maximum atomic E-state index is 13.8. The molecule has 2 rings (SSSR count). The minimum atomic E-state index is -0.527. The van der Waals surface area contributed by atoms with Crippen molar-refractivity contribution < 1.29 is 14.1 Å². The Bertz CT molecular complexity index is 819. The molecule has 1 atom stereocenters. The highest BCUT2D eigenvalue weighted by atomic mass is 35.5. The van der Waals surface area contributed by atoms with Gasteiger partial charge in [0.15, 0.2) is 16.7 Å². The highest BCUT2D eigenvalue weighted by Crippen LogP contribution is 2.27. The molecule has 2 N–H and O–H groups in total. The maximum absolute atomic E-state index is 13.8. The summed E-state index contributed by atoms with van der Waals surface area (Å²) in [7, 11) is 1.39. The van der Waals surface area contributed by atoms with E-state index in [1.165, 1.54) is 37.4 Å². The summed E-state index contributed by atoms with van der Waals surface area (Å²) in [4.78, 5) is 10.3. The Morgan fingerprint density at radius 1 is 1.36 bits per heavy atom. The van der Waals surface area contributed by atoms with Crippen molar-refractivity contribution >= 4 is 40.3 Å². The summed E-state index contributed by atoms with van der Waals surface area (Å²) in [6, 6.07) is 8.27. The van der Waals surface area contributed by atoms with E-state index in [2.05, 4.69) is 10.6 Å². The van der Waals surface area contributed by atoms with Gasteiger partial charge in [-0.15, -0.1) is 0 Å². The van der Waals surface area contributed by atoms with E-state index >= 15 is 0 Å². The van der Waals surface area contributed by atoms with Gasteiger partial charge in [-0.05, 0) is 42.9 Å². The van der Waals surface area contributed by atoms with Crippen LogP contribution in [0, 0.1) is 15.9 Å². The second kappa shape index (κ2) is 8.09. The van der Waals surface area contributed by atoms with Crippen LogP contribution in [0.25, 0.3) is 0 Å². The number of halogens is 2. The molecule has 0 unspecified atom stereocenters. The van der Waals surface area contributed by atoms with E-state index in [0.717, 1.165) is 0 Å². The zero-order chi connectivity index (χ0) is 18.6. The zero-order valence-corrected chi connectivity index (χ0v) is 15.0. The van der Waals surface area contributed by atoms with Crippen LogP contribution in [0.1, 0.15) is 18.5 Å². The number of nitrogens with one attached hydrogen (secondary N) is 2. The Kier molecular flexibility index (Phi) is 6.11. The van der Waals surface area contributed by atoms with Crippen LogP contribution < -0.4 is 15.4 Å². The minimum absolute atomic E-state index is 0.111. The van der Waals surface area contributed by atoms with Gasteiger partial charge in [0, 0.05) is 12.1 Å². The topological polar surface area (TPSA) is 76.4 Å². The normalized spacial score (nSPS) is 11.5. The fourth-order valence-corrected chi connectivity index (χ4v) is 2.56. The molecule has 132 valence electrons. The molecule has 0 amide bonds. The number of nitro benzene ring substituents is 1. The highest BCUT2D eigenvalue weighted by molar-refractivity contribution is 7.80. The monoisotopic (exact) mass is 383 g/mol. The van der Waals surface area contributed by atoms with Crippen molar-refractivity contribution in [2.45, 2.75) is 13.0 Å². The molecule has 0 spiro atoms. The number of non-ortho nitro benzene ring substituents is 1. The Labute approximate surface area is 154 Å². The Morgan fingerprint density at radius 2 is 2.08 bits per heavy atom. The lowest BCUT2D eigenvalue weighted by molar-refractivity contribution is -0.384. The third-order valence-corrected chi connectivity index (χ3v) is 3.98. The lowest BCUT2D eigenvalue weighted by Gasteiger charge is -2.18. The quantitative estimate of drug-likeness (QED) is 0.451. The van der Waals surface area contributed by atoms with Crippen molar-refractivity contribution in [3.05, 3.63) is 62.9 Å². The molecule has 9 heteroatoms. The predicted molar refractivity (Wildman–Crippen MR) is 98.8 cm³/mol. The van der Waals surface area contributed by atoms with E-state index in [-0.39, 0.29) is 27.6 Å². The van der Waals surface area contributed by atoms with Crippen LogP contribution in [-0.4, -0.2) is 17.1 Å². The van der Waals surface area contributed by atoms with E-state index in [0.29, 0.717) is 11.3 Å². The van der Waals surface area contributed by atoms with Crippen molar-refractivity contribution in [2.75, 3.05) is 12.4 Å². The number of nitro groups is 1. The van der Waals surface area contributed by atoms with Crippen LogP contribution in [0.3, 0.4) is 0 Å². The predicted octanol–water partition coefficient (Wildman–Crippen LogP) is 4.44. The zero-order valence-electron chi connectivity index (χ0n) is 13.4. The first-order chi connectivity index (χ1) is 11.8. The van der Waals surface area contributed by atoms with Crippen LogP contribution in [0.4, 0.5) is 15.8 Å². The summed E-state index contributed by atoms with van der Waals surface area (Å²) in [5.74, 6) is -0.325. The number of rotatable bonds is 5. The van der Waals surface area contributed by atoms with Crippen LogP contribution in [0.15, 0.2) is 36.4 Å². The average molecular weight is 384 g/mol. The third kappa shape index (κ3) is 4.77. The fourth-order valence-electron chi connectivity index (χ4n) is 2.11. The Hall–Kier alpha value is -2.45. The summed E-state index contributed by atoms with van der Waals surface area (Å²) in [5.41, 5.74) is 0.856. The van der Waals surface area contributed by atoms with Gasteiger partial charge in [-0.25, -0.2) is 4.39 Å². The lowest BCUT2D eigenvalue weighted by Crippen LogP contribution is -2.31. The molecular formula is C16H15ClFN3O3S. The summed E-state index contributed by atoms with van der Waals surface area (Å²) in [6.07, 6.45) is 0. The highest BCUT2D eigenvalue weighted by Gasteiger charge is 2.13. The molecule has 2 aromatic carbocycles. The van der Waals surface area contributed by atoms with Gasteiger partial charge in [0.25, 0.3) is 5.69 Å². The van der Waals surface area contributed by atoms with Crippen LogP contribution >= 0.6 is 23.8 Å². The molecule has 0 aliphatic carbocycles. The average Bonchev–Trinajstić information content (AvgIpc) is 2.56. The van der Waals surface area contributed by atoms with E-state index in [4.69, 9.17) is 28.6 Å². The number of hydrogen-bond donors (Lipinski definition) is 2. The molecule has 0 heterocycles. The molecule has 0 radical (unpaired) electrons. The number of ether oxygens (including phenoxy) is 1. The smallest absolute Gasteiger partial charge is 0.271 e. The van der Waals surface area contributed by atoms with Gasteiger partial charge in [-0.2, -0.15) is 0 Å². The third-order valence-electron chi connectivity index (χ3n) is 3.43. The van der Waals surface area contributed by atoms with Gasteiger partial charge in [0.1, 0.15) is 0 Å². The van der Waals surface area contributed by atoms with Gasteiger partial charge in [-0.1, -0.05) is 17.7 Å². The van der Waals surface area contributed by atoms with Crippen LogP contribution in [0.2, 0.25) is 5.02 Å². The Balaban J connectivity index is 2.08. The summed E-state index contributed by atoms with van der Waals surface area (Å²) < 4.78 is 18.7. The molecule has 0 saturated carbocycles. The van der Waals surface area contributed by atoms with E-state index in [9.17, 15) is 14.5 Å². The number of methoxy groups -OCH3 is 1. The van der Waals surface area contributed by atoms with Gasteiger partial charge in [0.05, 0.1) is 28.8 Å². The van der Waals surface area contributed by atoms with Gasteiger partial charge < -0.3 is 15.4 Å². The molecule has 2 aromatic rings. The van der Waals surface area contributed by atoms with Crippen LogP contribution in [0.5, 0.6) is 5.75 Å². The second-order valence-corrected chi connectivity index (χ2v) is 5.95. The first-order valence-electron chi connectivity index (χ1n) is 7.16. The maximum Gasteiger partial charge on any atom is 0.271 e. The molecule has 0 bridgehead atoms. The number of thiocarbonyl (C=S) groups is 1. The largest absolute Gasteiger partial charge is 0.494 e. The first kappa shape index (κ1) is 18.9. The number of nitrogens with zero attached hydrogens (tertiary/aromatic N) is 1. The summed E-state index contributed by atoms with van der Waals surface area (Å²) in [5, 5.41) is 17.1. The molecule has 6 nitrogen and oxygen atoms in total. The molecule has 0 fully saturated rings. The minimum Gasteiger partial charge on any atom is -0.494 e. The van der Waals surface area contributed by atoms with Gasteiger partial charge in [0.2, 0.25) is 0 Å². The number of benzene rings is 2. The lowest BCUT2D eigenvalue weighted by atomic mass is 10.1. The molecule has 0 aliphatic rings. The first-order valence-corrected chi connectivity index (χ1v) is 7.95. The summed E-state index contributed by atoms with van der Waals surface area (Å²) >= 11 is 11.2. The van der Waals surface area contributed by atoms with Gasteiger partial charge in [-0.3, -0.25) is 10.1 Å². The van der Waals surface area contributed by atoms with Gasteiger partial charge >= 0.3 is 0 Å². The molecular weight excluding hydrogens is 369 g/mol. The molecule has 0 saturated heterocycles. The van der Waals surface area contributed by atoms with Crippen molar-refractivity contribution in [1.82, 2.24) is 5.32 Å². The summed E-state index contributed by atoms with van der Waals surface area (Å²) in [6.45, 7) is 1.80. The number of hydrogen-bond acceptors (Lipinski definition) is 4. The van der Waals surface area contributed by atoms with Crippen molar-refractivity contribution in [3.8, 4) is 5.75 Å². The van der Waals surface area contributed by atoms with Crippen molar-refractivity contribution in [1.29, 1.82) is 0 Å². The van der Waals surface area contributed by atoms with E-state index < -0.39 is 10.7 Å². The molecule has 0 aromatic heterocycles. The van der Waals surface area contributed by atoms with E-state index in [1.54, 1.807) is 13.0 Å².